The number of aromatic nitrogens is 4. The molecule has 0 radical (unpaired) electrons. The van der Waals surface area contributed by atoms with Gasteiger partial charge in [0.1, 0.15) is 5.65 Å². The van der Waals surface area contributed by atoms with Crippen molar-refractivity contribution in [3.8, 4) is 5.88 Å². The summed E-state index contributed by atoms with van der Waals surface area (Å²) in [5, 5.41) is 0.941. The molecule has 0 unspecified atom stereocenters. The van der Waals surface area contributed by atoms with Gasteiger partial charge >= 0.3 is 6.18 Å². The van der Waals surface area contributed by atoms with Crippen LogP contribution in [-0.4, -0.2) is 32.7 Å². The summed E-state index contributed by atoms with van der Waals surface area (Å²) in [6.45, 7) is 0.531. The smallest absolute Gasteiger partial charge is 0.422 e. The summed E-state index contributed by atoms with van der Waals surface area (Å²) in [6, 6.07) is 8.66. The second-order valence-electron chi connectivity index (χ2n) is 7.52. The molecule has 0 aliphatic rings. The van der Waals surface area contributed by atoms with Gasteiger partial charge in [0.25, 0.3) is 0 Å². The maximum Gasteiger partial charge on any atom is 0.422 e. The molecule has 4 aromatic rings. The van der Waals surface area contributed by atoms with Crippen molar-refractivity contribution in [2.24, 2.45) is 0 Å². The van der Waals surface area contributed by atoms with Crippen molar-refractivity contribution >= 4 is 11.0 Å². The number of halogens is 4. The molecule has 0 spiro atoms. The van der Waals surface area contributed by atoms with E-state index in [4.69, 9.17) is 4.74 Å². The lowest BCUT2D eigenvalue weighted by Crippen LogP contribution is -2.20. The van der Waals surface area contributed by atoms with E-state index in [9.17, 15) is 17.6 Å². The molecule has 0 saturated carbocycles. The molecule has 0 aromatic carbocycles. The second-order valence-corrected chi connectivity index (χ2v) is 7.52. The fraction of sp³-hybridized carbons (Fsp3) is 0.261. The van der Waals surface area contributed by atoms with E-state index in [-0.39, 0.29) is 5.88 Å². The number of hydrogen-bond acceptors (Lipinski definition) is 4. The first-order valence-corrected chi connectivity index (χ1v) is 9.99. The number of aryl methyl sites for hydroxylation is 3. The van der Waals surface area contributed by atoms with Crippen molar-refractivity contribution in [2.45, 2.75) is 32.4 Å². The summed E-state index contributed by atoms with van der Waals surface area (Å²) in [7, 11) is 0. The molecule has 0 bridgehead atoms. The minimum atomic E-state index is -4.45. The summed E-state index contributed by atoms with van der Waals surface area (Å²) in [4.78, 5) is 15.3. The van der Waals surface area contributed by atoms with Crippen LogP contribution in [0.3, 0.4) is 0 Å². The van der Waals surface area contributed by atoms with E-state index in [0.717, 1.165) is 22.2 Å². The lowest BCUT2D eigenvalue weighted by atomic mass is 10.0. The number of aromatic amines is 1. The van der Waals surface area contributed by atoms with Gasteiger partial charge in [-0.3, -0.25) is 0 Å². The van der Waals surface area contributed by atoms with Gasteiger partial charge in [-0.1, -0.05) is 12.1 Å². The molecule has 4 rings (SSSR count). The first-order valence-electron chi connectivity index (χ1n) is 9.99. The quantitative estimate of drug-likeness (QED) is 0.318. The van der Waals surface area contributed by atoms with Crippen molar-refractivity contribution in [1.82, 2.24) is 19.9 Å². The maximum atomic E-state index is 14.7. The summed E-state index contributed by atoms with van der Waals surface area (Å²) in [5.74, 6) is -0.651. The Morgan fingerprint density at radius 3 is 2.66 bits per heavy atom. The van der Waals surface area contributed by atoms with Gasteiger partial charge in [-0.05, 0) is 49.1 Å². The molecule has 0 fully saturated rings. The Labute approximate surface area is 181 Å². The van der Waals surface area contributed by atoms with Crippen LogP contribution in [0.4, 0.5) is 17.6 Å². The molecular formula is C23H20F4N4O. The molecule has 0 atom stereocenters. The third kappa shape index (κ3) is 5.22. The molecular weight excluding hydrogens is 424 g/mol. The fourth-order valence-electron chi connectivity index (χ4n) is 3.44. The largest absolute Gasteiger partial charge is 0.468 e. The van der Waals surface area contributed by atoms with Crippen molar-refractivity contribution < 1.29 is 22.3 Å². The van der Waals surface area contributed by atoms with Crippen LogP contribution in [0.1, 0.15) is 27.9 Å². The van der Waals surface area contributed by atoms with Crippen LogP contribution in [-0.2, 0) is 19.3 Å². The number of hydrogen-bond donors (Lipinski definition) is 1. The van der Waals surface area contributed by atoms with E-state index in [1.807, 2.05) is 19.2 Å². The van der Waals surface area contributed by atoms with Crippen LogP contribution in [0.5, 0.6) is 5.88 Å². The van der Waals surface area contributed by atoms with Gasteiger partial charge in [-0.2, -0.15) is 17.6 Å². The molecule has 4 heterocycles. The van der Waals surface area contributed by atoms with Gasteiger partial charge in [-0.25, -0.2) is 15.0 Å². The predicted molar refractivity (Wildman–Crippen MR) is 111 cm³/mol. The van der Waals surface area contributed by atoms with E-state index >= 15 is 0 Å². The fourth-order valence-corrected chi connectivity index (χ4v) is 3.44. The number of pyridine rings is 3. The Hall–Kier alpha value is -3.49. The zero-order valence-electron chi connectivity index (χ0n) is 17.2. The van der Waals surface area contributed by atoms with Gasteiger partial charge in [0.05, 0.1) is 0 Å². The lowest BCUT2D eigenvalue weighted by Gasteiger charge is -2.12. The molecule has 0 aliphatic heterocycles. The van der Waals surface area contributed by atoms with Crippen molar-refractivity contribution in [2.75, 3.05) is 6.61 Å². The third-order valence-electron chi connectivity index (χ3n) is 4.99. The van der Waals surface area contributed by atoms with Crippen LogP contribution in [0.15, 0.2) is 48.9 Å². The monoisotopic (exact) mass is 444 g/mol. The van der Waals surface area contributed by atoms with Crippen LogP contribution in [0, 0.1) is 12.9 Å². The van der Waals surface area contributed by atoms with Gasteiger partial charge in [0.2, 0.25) is 11.8 Å². The first kappa shape index (κ1) is 21.7. The van der Waals surface area contributed by atoms with E-state index in [0.29, 0.717) is 36.1 Å². The Balaban J connectivity index is 1.45. The van der Waals surface area contributed by atoms with Crippen molar-refractivity contribution in [1.29, 1.82) is 0 Å². The molecule has 5 nitrogen and oxygen atoms in total. The van der Waals surface area contributed by atoms with Crippen LogP contribution < -0.4 is 4.74 Å². The zero-order chi connectivity index (χ0) is 22.7. The van der Waals surface area contributed by atoms with Crippen LogP contribution in [0.2, 0.25) is 0 Å². The highest BCUT2D eigenvalue weighted by Gasteiger charge is 2.29. The molecule has 166 valence electrons. The predicted octanol–water partition coefficient (Wildman–Crippen LogP) is 5.12. The highest BCUT2D eigenvalue weighted by atomic mass is 19.4. The summed E-state index contributed by atoms with van der Waals surface area (Å²) < 4.78 is 56.8. The molecule has 9 heteroatoms. The molecule has 1 N–H and O–H groups in total. The van der Waals surface area contributed by atoms with E-state index < -0.39 is 18.7 Å². The standard InChI is InChI=1S/C23H20F4N4O/c1-14-9-19-17(12-30-21(19)29-11-14)10-16-5-7-18(31-20(16)24)6-4-15-3-2-8-28-22(15)32-13-23(25,26)27/h2-3,5,7-9,11-12H,4,6,10,13H2,1H3,(H,29,30). The van der Waals surface area contributed by atoms with E-state index in [1.54, 1.807) is 30.5 Å². The Bertz CT molecular complexity index is 1240. The number of fused-ring (bicyclic) bond motifs is 1. The Morgan fingerprint density at radius 2 is 1.88 bits per heavy atom. The normalized spacial score (nSPS) is 11.8. The van der Waals surface area contributed by atoms with Gasteiger partial charge in [0.15, 0.2) is 6.61 Å². The molecule has 4 aromatic heterocycles. The highest BCUT2D eigenvalue weighted by molar-refractivity contribution is 5.80. The number of rotatable bonds is 7. The second kappa shape index (κ2) is 8.94. The third-order valence-corrected chi connectivity index (χ3v) is 4.99. The summed E-state index contributed by atoms with van der Waals surface area (Å²) >= 11 is 0. The molecule has 0 amide bonds. The lowest BCUT2D eigenvalue weighted by molar-refractivity contribution is -0.154. The van der Waals surface area contributed by atoms with E-state index in [2.05, 4.69) is 19.9 Å². The first-order chi connectivity index (χ1) is 15.3. The number of alkyl halides is 3. The zero-order valence-corrected chi connectivity index (χ0v) is 17.2. The molecule has 0 aliphatic carbocycles. The van der Waals surface area contributed by atoms with Gasteiger partial charge in [0, 0.05) is 47.2 Å². The van der Waals surface area contributed by atoms with E-state index in [1.165, 1.54) is 6.20 Å². The number of nitrogens with zero attached hydrogens (tertiary/aromatic N) is 3. The minimum absolute atomic E-state index is 0.0786. The minimum Gasteiger partial charge on any atom is -0.468 e. The average molecular weight is 444 g/mol. The average Bonchev–Trinajstić information content (AvgIpc) is 3.14. The van der Waals surface area contributed by atoms with Crippen molar-refractivity contribution in [3.63, 3.8) is 0 Å². The summed E-state index contributed by atoms with van der Waals surface area (Å²) in [5.41, 5.74) is 4.13. The highest BCUT2D eigenvalue weighted by Crippen LogP contribution is 2.23. The number of nitrogens with one attached hydrogen (secondary N) is 1. The van der Waals surface area contributed by atoms with Gasteiger partial charge in [-0.15, -0.1) is 0 Å². The maximum absolute atomic E-state index is 14.7. The molecule has 0 saturated heterocycles. The number of ether oxygens (including phenoxy) is 1. The van der Waals surface area contributed by atoms with Crippen molar-refractivity contribution in [3.05, 3.63) is 82.8 Å². The topological polar surface area (TPSA) is 63.7 Å². The number of H-pyrrole nitrogens is 1. The summed E-state index contributed by atoms with van der Waals surface area (Å²) in [6.07, 6.45) is 1.51. The Morgan fingerprint density at radius 1 is 1.03 bits per heavy atom. The SMILES string of the molecule is Cc1cnc2[nH]cc(Cc3ccc(CCc4cccnc4OCC(F)(F)F)nc3F)c2c1. The molecule has 32 heavy (non-hydrogen) atoms. The van der Waals surface area contributed by atoms with Crippen LogP contribution >= 0.6 is 0 Å². The van der Waals surface area contributed by atoms with Crippen LogP contribution in [0.25, 0.3) is 11.0 Å². The Kier molecular flexibility index (Phi) is 6.07. The van der Waals surface area contributed by atoms with Gasteiger partial charge < -0.3 is 9.72 Å².